The number of carbonyl (C=O) groups excluding carboxylic acids is 1. The van der Waals surface area contributed by atoms with Crippen molar-refractivity contribution in [3.63, 3.8) is 0 Å². The van der Waals surface area contributed by atoms with E-state index < -0.39 is 0 Å². The molecule has 0 saturated carbocycles. The summed E-state index contributed by atoms with van der Waals surface area (Å²) in [6.07, 6.45) is 0.275. The minimum atomic E-state index is -0.138. The van der Waals surface area contributed by atoms with Crippen LogP contribution in [0, 0.1) is 0 Å². The molecule has 0 aliphatic rings. The molecule has 2 aromatic rings. The van der Waals surface area contributed by atoms with E-state index >= 15 is 0 Å². The van der Waals surface area contributed by atoms with Crippen molar-refractivity contribution in [2.75, 3.05) is 30.9 Å². The second-order valence-electron chi connectivity index (χ2n) is 4.54. The highest BCUT2D eigenvalue weighted by Gasteiger charge is 2.07. The predicted octanol–water partition coefficient (Wildman–Crippen LogP) is 2.48. The average Bonchev–Trinajstić information content (AvgIpc) is 2.51. The number of nitrogens with zero attached hydrogens (tertiary/aromatic N) is 2. The monoisotopic (exact) mass is 364 g/mol. The fraction of sp³-hybridized carbons (Fsp3) is 0.267. The van der Waals surface area contributed by atoms with Gasteiger partial charge in [0.25, 0.3) is 0 Å². The Hall–Kier alpha value is -1.99. The molecule has 1 aromatic carbocycles. The van der Waals surface area contributed by atoms with E-state index in [0.29, 0.717) is 24.8 Å². The third kappa shape index (κ3) is 5.09. The number of nitrogens with one attached hydrogen (secondary N) is 2. The van der Waals surface area contributed by atoms with Crippen molar-refractivity contribution in [2.24, 2.45) is 0 Å². The minimum absolute atomic E-state index is 0.138. The van der Waals surface area contributed by atoms with Crippen LogP contribution in [0.3, 0.4) is 0 Å². The Morgan fingerprint density at radius 1 is 1.18 bits per heavy atom. The van der Waals surface area contributed by atoms with Gasteiger partial charge >= 0.3 is 0 Å². The molecule has 0 saturated heterocycles. The molecule has 7 heteroatoms. The Bertz CT molecular complexity index is 619. The van der Waals surface area contributed by atoms with Gasteiger partial charge < -0.3 is 15.4 Å². The van der Waals surface area contributed by atoms with Crippen LogP contribution < -0.4 is 10.6 Å². The molecule has 0 atom stereocenters. The maximum atomic E-state index is 12.0. The van der Waals surface area contributed by atoms with Crippen LogP contribution in [0.1, 0.15) is 5.56 Å². The first kappa shape index (κ1) is 16.4. The van der Waals surface area contributed by atoms with Crippen LogP contribution in [0.2, 0.25) is 0 Å². The molecule has 0 fully saturated rings. The molecule has 0 radical (unpaired) electrons. The predicted molar refractivity (Wildman–Crippen MR) is 88.9 cm³/mol. The van der Waals surface area contributed by atoms with Gasteiger partial charge in [0.15, 0.2) is 5.82 Å². The van der Waals surface area contributed by atoms with Crippen molar-refractivity contribution >= 4 is 33.5 Å². The summed E-state index contributed by atoms with van der Waals surface area (Å²) in [7, 11) is 1.64. The third-order valence-electron chi connectivity index (χ3n) is 2.85. The minimum Gasteiger partial charge on any atom is -0.383 e. The molecule has 2 N–H and O–H groups in total. The smallest absolute Gasteiger partial charge is 0.230 e. The summed E-state index contributed by atoms with van der Waals surface area (Å²) < 4.78 is 5.85. The Morgan fingerprint density at radius 2 is 1.91 bits per heavy atom. The second kappa shape index (κ2) is 8.45. The van der Waals surface area contributed by atoms with E-state index in [1.165, 1.54) is 0 Å². The van der Waals surface area contributed by atoms with Gasteiger partial charge in [-0.25, -0.2) is 0 Å². The van der Waals surface area contributed by atoms with Crippen molar-refractivity contribution in [2.45, 2.75) is 6.42 Å². The molecule has 0 aliphatic carbocycles. The van der Waals surface area contributed by atoms with E-state index in [-0.39, 0.29) is 12.3 Å². The standard InChI is InChI=1S/C15H17BrN4O2/c1-22-9-8-17-13-6-7-14(20-19-13)18-15(21)10-11-4-2-3-5-12(11)16/h2-7H,8-10H2,1H3,(H,17,19)(H,18,20,21). The van der Waals surface area contributed by atoms with E-state index in [0.717, 1.165) is 10.0 Å². The van der Waals surface area contributed by atoms with E-state index in [4.69, 9.17) is 4.74 Å². The van der Waals surface area contributed by atoms with Crippen LogP contribution >= 0.6 is 15.9 Å². The lowest BCUT2D eigenvalue weighted by Crippen LogP contribution is -2.16. The van der Waals surface area contributed by atoms with Crippen molar-refractivity contribution < 1.29 is 9.53 Å². The van der Waals surface area contributed by atoms with E-state index in [2.05, 4.69) is 36.8 Å². The van der Waals surface area contributed by atoms with Gasteiger partial charge in [0, 0.05) is 18.1 Å². The van der Waals surface area contributed by atoms with Crippen LogP contribution in [0.4, 0.5) is 11.6 Å². The number of anilines is 2. The highest BCUT2D eigenvalue weighted by molar-refractivity contribution is 9.10. The number of benzene rings is 1. The van der Waals surface area contributed by atoms with Gasteiger partial charge in [-0.1, -0.05) is 34.1 Å². The van der Waals surface area contributed by atoms with Gasteiger partial charge in [0.2, 0.25) is 5.91 Å². The van der Waals surface area contributed by atoms with Gasteiger partial charge in [-0.3, -0.25) is 4.79 Å². The molecule has 22 heavy (non-hydrogen) atoms. The molecule has 0 bridgehead atoms. The van der Waals surface area contributed by atoms with E-state index in [1.807, 2.05) is 24.3 Å². The van der Waals surface area contributed by atoms with Crippen LogP contribution in [-0.2, 0) is 16.0 Å². The van der Waals surface area contributed by atoms with Gasteiger partial charge in [0.1, 0.15) is 5.82 Å². The maximum Gasteiger partial charge on any atom is 0.230 e. The lowest BCUT2D eigenvalue weighted by Gasteiger charge is -2.07. The number of rotatable bonds is 7. The average molecular weight is 365 g/mol. The topological polar surface area (TPSA) is 76.1 Å². The van der Waals surface area contributed by atoms with Gasteiger partial charge in [-0.15, -0.1) is 10.2 Å². The van der Waals surface area contributed by atoms with Gasteiger partial charge in [-0.05, 0) is 23.8 Å². The van der Waals surface area contributed by atoms with Crippen LogP contribution in [0.15, 0.2) is 40.9 Å². The largest absolute Gasteiger partial charge is 0.383 e. The molecular formula is C15H17BrN4O2. The van der Waals surface area contributed by atoms with Crippen molar-refractivity contribution in [1.29, 1.82) is 0 Å². The Labute approximate surface area is 137 Å². The summed E-state index contributed by atoms with van der Waals surface area (Å²) in [5.41, 5.74) is 0.922. The summed E-state index contributed by atoms with van der Waals surface area (Å²) in [5.74, 6) is 0.927. The molecule has 0 spiro atoms. The zero-order chi connectivity index (χ0) is 15.8. The van der Waals surface area contributed by atoms with E-state index in [1.54, 1.807) is 19.2 Å². The number of hydrogen-bond acceptors (Lipinski definition) is 5. The molecule has 116 valence electrons. The van der Waals surface area contributed by atoms with Crippen LogP contribution in [-0.4, -0.2) is 36.4 Å². The number of methoxy groups -OCH3 is 1. The number of ether oxygens (including phenoxy) is 1. The number of carbonyl (C=O) groups is 1. The van der Waals surface area contributed by atoms with Crippen molar-refractivity contribution in [1.82, 2.24) is 10.2 Å². The number of halogens is 1. The van der Waals surface area contributed by atoms with Gasteiger partial charge in [-0.2, -0.15) is 0 Å². The van der Waals surface area contributed by atoms with Gasteiger partial charge in [0.05, 0.1) is 13.0 Å². The number of hydrogen-bond donors (Lipinski definition) is 2. The summed E-state index contributed by atoms with van der Waals surface area (Å²) in [4.78, 5) is 12.0. The number of amides is 1. The first-order valence-electron chi connectivity index (χ1n) is 6.79. The SMILES string of the molecule is COCCNc1ccc(NC(=O)Cc2ccccc2Br)nn1. The fourth-order valence-electron chi connectivity index (χ4n) is 1.78. The molecular weight excluding hydrogens is 348 g/mol. The zero-order valence-corrected chi connectivity index (χ0v) is 13.8. The highest BCUT2D eigenvalue weighted by Crippen LogP contribution is 2.16. The lowest BCUT2D eigenvalue weighted by molar-refractivity contribution is -0.115. The molecule has 6 nitrogen and oxygen atoms in total. The summed E-state index contributed by atoms with van der Waals surface area (Å²) >= 11 is 3.42. The molecule has 1 amide bonds. The van der Waals surface area contributed by atoms with Crippen LogP contribution in [0.5, 0.6) is 0 Å². The molecule has 2 rings (SSSR count). The van der Waals surface area contributed by atoms with E-state index in [9.17, 15) is 4.79 Å². The molecule has 0 aliphatic heterocycles. The Balaban J connectivity index is 1.88. The normalized spacial score (nSPS) is 10.3. The fourth-order valence-corrected chi connectivity index (χ4v) is 2.20. The first-order chi connectivity index (χ1) is 10.7. The molecule has 1 heterocycles. The maximum absolute atomic E-state index is 12.0. The van der Waals surface area contributed by atoms with Crippen molar-refractivity contribution in [3.05, 3.63) is 46.4 Å². The van der Waals surface area contributed by atoms with Crippen molar-refractivity contribution in [3.8, 4) is 0 Å². The summed E-state index contributed by atoms with van der Waals surface area (Å²) in [6, 6.07) is 11.1. The third-order valence-corrected chi connectivity index (χ3v) is 3.63. The zero-order valence-electron chi connectivity index (χ0n) is 12.2. The Kier molecular flexibility index (Phi) is 6.29. The Morgan fingerprint density at radius 3 is 2.59 bits per heavy atom. The number of aromatic nitrogens is 2. The molecule has 0 unspecified atom stereocenters. The highest BCUT2D eigenvalue weighted by atomic mass is 79.9. The first-order valence-corrected chi connectivity index (χ1v) is 7.58. The summed E-state index contributed by atoms with van der Waals surface area (Å²) in [6.45, 7) is 1.24. The summed E-state index contributed by atoms with van der Waals surface area (Å²) in [5, 5.41) is 13.7. The lowest BCUT2D eigenvalue weighted by atomic mass is 10.1. The second-order valence-corrected chi connectivity index (χ2v) is 5.39. The molecule has 1 aromatic heterocycles. The quantitative estimate of drug-likeness (QED) is 0.738. The van der Waals surface area contributed by atoms with Crippen LogP contribution in [0.25, 0.3) is 0 Å².